The van der Waals surface area contributed by atoms with Gasteiger partial charge < -0.3 is 4.90 Å². The molecule has 0 bridgehead atoms. The Bertz CT molecular complexity index is 770. The van der Waals surface area contributed by atoms with E-state index in [2.05, 4.69) is 71.6 Å². The minimum Gasteiger partial charge on any atom is -0.367 e. The smallest absolute Gasteiger partial charge is 0.0435 e. The number of hydrogen-bond acceptors (Lipinski definition) is 1. The van der Waals surface area contributed by atoms with Crippen LogP contribution >= 0.6 is 0 Å². The summed E-state index contributed by atoms with van der Waals surface area (Å²) in [6.07, 6.45) is 2.46. The zero-order valence-electron chi connectivity index (χ0n) is 12.1. The van der Waals surface area contributed by atoms with Crippen molar-refractivity contribution in [1.82, 2.24) is 0 Å². The molecule has 3 aromatic rings. The molecule has 0 radical (unpaired) electrons. The number of para-hydroxylation sites is 1. The van der Waals surface area contributed by atoms with Crippen LogP contribution in [0.5, 0.6) is 0 Å². The Labute approximate surface area is 125 Å². The van der Waals surface area contributed by atoms with E-state index in [-0.39, 0.29) is 0 Å². The van der Waals surface area contributed by atoms with Crippen LogP contribution in [0.15, 0.2) is 66.7 Å². The fourth-order valence-corrected chi connectivity index (χ4v) is 3.41. The zero-order chi connectivity index (χ0) is 14.1. The fourth-order valence-electron chi connectivity index (χ4n) is 3.41. The molecule has 0 N–H and O–H groups in total. The highest BCUT2D eigenvalue weighted by atomic mass is 15.1. The summed E-state index contributed by atoms with van der Waals surface area (Å²) in [5.74, 6) is 0. The van der Waals surface area contributed by atoms with Crippen molar-refractivity contribution < 1.29 is 0 Å². The summed E-state index contributed by atoms with van der Waals surface area (Å²) >= 11 is 0. The summed E-state index contributed by atoms with van der Waals surface area (Å²) in [6, 6.07) is 24.2. The summed E-state index contributed by atoms with van der Waals surface area (Å²) in [6.45, 7) is 2.15. The summed E-state index contributed by atoms with van der Waals surface area (Å²) in [5, 5.41) is 2.71. The molecule has 0 atom stereocenters. The molecule has 1 heteroatoms. The van der Waals surface area contributed by atoms with E-state index >= 15 is 0 Å². The fraction of sp³-hybridized carbons (Fsp3) is 0.200. The first-order valence-corrected chi connectivity index (χ1v) is 7.71. The minimum atomic E-state index is 0.998. The van der Waals surface area contributed by atoms with Crippen molar-refractivity contribution in [3.8, 4) is 0 Å². The molecule has 0 saturated heterocycles. The second-order valence-electron chi connectivity index (χ2n) is 5.79. The Balaban J connectivity index is 1.73. The number of anilines is 1. The van der Waals surface area contributed by atoms with E-state index < -0.39 is 0 Å². The van der Waals surface area contributed by atoms with Crippen molar-refractivity contribution in [3.63, 3.8) is 0 Å². The van der Waals surface area contributed by atoms with Gasteiger partial charge in [-0.05, 0) is 40.8 Å². The van der Waals surface area contributed by atoms with E-state index in [1.165, 1.54) is 40.4 Å². The first kappa shape index (κ1) is 12.5. The van der Waals surface area contributed by atoms with Gasteiger partial charge in [-0.25, -0.2) is 0 Å². The van der Waals surface area contributed by atoms with Crippen molar-refractivity contribution in [2.24, 2.45) is 0 Å². The van der Waals surface area contributed by atoms with Crippen LogP contribution < -0.4 is 4.90 Å². The van der Waals surface area contributed by atoms with Crippen LogP contribution in [-0.4, -0.2) is 6.54 Å². The molecule has 0 spiro atoms. The van der Waals surface area contributed by atoms with E-state index in [4.69, 9.17) is 0 Å². The van der Waals surface area contributed by atoms with Gasteiger partial charge in [0.15, 0.2) is 0 Å². The lowest BCUT2D eigenvalue weighted by Gasteiger charge is -2.31. The average molecular weight is 273 g/mol. The number of rotatable bonds is 2. The molecule has 1 heterocycles. The van der Waals surface area contributed by atoms with Gasteiger partial charge in [-0.3, -0.25) is 0 Å². The third-order valence-corrected chi connectivity index (χ3v) is 4.45. The topological polar surface area (TPSA) is 3.24 Å². The van der Waals surface area contributed by atoms with Gasteiger partial charge in [0.25, 0.3) is 0 Å². The van der Waals surface area contributed by atoms with Crippen LogP contribution in [0, 0.1) is 0 Å². The summed E-state index contributed by atoms with van der Waals surface area (Å²) in [7, 11) is 0. The first-order valence-electron chi connectivity index (χ1n) is 7.71. The molecule has 1 nitrogen and oxygen atoms in total. The van der Waals surface area contributed by atoms with E-state index in [9.17, 15) is 0 Å². The molecule has 1 aliphatic rings. The Hall–Kier alpha value is -2.28. The highest BCUT2D eigenvalue weighted by molar-refractivity contribution is 5.86. The zero-order valence-corrected chi connectivity index (χ0v) is 12.1. The van der Waals surface area contributed by atoms with Gasteiger partial charge in [0.05, 0.1) is 0 Å². The van der Waals surface area contributed by atoms with E-state index in [1.807, 2.05) is 0 Å². The predicted molar refractivity (Wildman–Crippen MR) is 89.8 cm³/mol. The molecule has 0 fully saturated rings. The van der Waals surface area contributed by atoms with E-state index in [0.29, 0.717) is 0 Å². The second-order valence-corrected chi connectivity index (χ2v) is 5.79. The van der Waals surface area contributed by atoms with Gasteiger partial charge in [0, 0.05) is 18.8 Å². The predicted octanol–water partition coefficient (Wildman–Crippen LogP) is 4.79. The molecule has 0 unspecified atom stereocenters. The van der Waals surface area contributed by atoms with Crippen LogP contribution in [0.1, 0.15) is 17.5 Å². The van der Waals surface area contributed by atoms with Crippen LogP contribution in [0.2, 0.25) is 0 Å². The Morgan fingerprint density at radius 2 is 1.62 bits per heavy atom. The van der Waals surface area contributed by atoms with Crippen molar-refractivity contribution in [2.45, 2.75) is 19.4 Å². The molecule has 3 aromatic carbocycles. The monoisotopic (exact) mass is 273 g/mol. The molecule has 4 rings (SSSR count). The Morgan fingerprint density at radius 1 is 0.810 bits per heavy atom. The highest BCUT2D eigenvalue weighted by Crippen LogP contribution is 2.29. The van der Waals surface area contributed by atoms with E-state index in [0.717, 1.165) is 13.1 Å². The number of benzene rings is 3. The second kappa shape index (κ2) is 5.25. The number of hydrogen-bond donors (Lipinski definition) is 0. The maximum atomic E-state index is 2.53. The van der Waals surface area contributed by atoms with Crippen molar-refractivity contribution >= 4 is 16.5 Å². The van der Waals surface area contributed by atoms with Gasteiger partial charge in [0.2, 0.25) is 0 Å². The third-order valence-electron chi connectivity index (χ3n) is 4.45. The molecule has 21 heavy (non-hydrogen) atoms. The van der Waals surface area contributed by atoms with Crippen molar-refractivity contribution in [2.75, 3.05) is 11.4 Å². The van der Waals surface area contributed by atoms with Crippen molar-refractivity contribution in [3.05, 3.63) is 77.9 Å². The van der Waals surface area contributed by atoms with Crippen LogP contribution in [0.3, 0.4) is 0 Å². The SMILES string of the molecule is c1ccc2c(c1)CCCN2Cc1cccc2ccccc12. The summed E-state index contributed by atoms with van der Waals surface area (Å²) < 4.78 is 0. The lowest BCUT2D eigenvalue weighted by molar-refractivity contribution is 0.693. The minimum absolute atomic E-state index is 0.998. The molecular formula is C20H19N. The molecule has 0 aromatic heterocycles. The van der Waals surface area contributed by atoms with Crippen LogP contribution in [0.4, 0.5) is 5.69 Å². The molecule has 0 amide bonds. The highest BCUT2D eigenvalue weighted by Gasteiger charge is 2.16. The standard InChI is InChI=1S/C20H19N/c1-3-12-19-16(7-1)9-5-10-18(19)15-21-14-6-11-17-8-2-4-13-20(17)21/h1-5,7-10,12-13H,6,11,14-15H2. The average Bonchev–Trinajstić information content (AvgIpc) is 2.56. The molecule has 1 aliphatic heterocycles. The van der Waals surface area contributed by atoms with Crippen LogP contribution in [-0.2, 0) is 13.0 Å². The normalized spacial score (nSPS) is 14.2. The largest absolute Gasteiger partial charge is 0.367 e. The van der Waals surface area contributed by atoms with Crippen LogP contribution in [0.25, 0.3) is 10.8 Å². The van der Waals surface area contributed by atoms with Gasteiger partial charge in [-0.15, -0.1) is 0 Å². The molecule has 0 aliphatic carbocycles. The van der Waals surface area contributed by atoms with Gasteiger partial charge in [0.1, 0.15) is 0 Å². The summed E-state index contributed by atoms with van der Waals surface area (Å²) in [5.41, 5.74) is 4.32. The number of aryl methyl sites for hydroxylation is 1. The van der Waals surface area contributed by atoms with Gasteiger partial charge >= 0.3 is 0 Å². The van der Waals surface area contributed by atoms with Crippen molar-refractivity contribution in [1.29, 1.82) is 0 Å². The lowest BCUT2D eigenvalue weighted by atomic mass is 9.99. The lowest BCUT2D eigenvalue weighted by Crippen LogP contribution is -2.28. The number of nitrogens with zero attached hydrogens (tertiary/aromatic N) is 1. The third kappa shape index (κ3) is 2.29. The number of fused-ring (bicyclic) bond motifs is 2. The Kier molecular flexibility index (Phi) is 3.11. The quantitative estimate of drug-likeness (QED) is 0.648. The maximum absolute atomic E-state index is 2.53. The molecular weight excluding hydrogens is 254 g/mol. The first-order chi connectivity index (χ1) is 10.4. The maximum Gasteiger partial charge on any atom is 0.0435 e. The van der Waals surface area contributed by atoms with E-state index in [1.54, 1.807) is 0 Å². The Morgan fingerprint density at radius 3 is 2.62 bits per heavy atom. The summed E-state index contributed by atoms with van der Waals surface area (Å²) in [4.78, 5) is 2.53. The molecule has 104 valence electrons. The molecule has 0 saturated carbocycles. The van der Waals surface area contributed by atoms with Gasteiger partial charge in [-0.1, -0.05) is 60.7 Å². The van der Waals surface area contributed by atoms with Gasteiger partial charge in [-0.2, -0.15) is 0 Å².